The fraction of sp³-hybridized carbons (Fsp3) is 0.391. The molecule has 1 aliphatic carbocycles. The van der Waals surface area contributed by atoms with Gasteiger partial charge in [-0.25, -0.2) is 13.4 Å². The Kier molecular flexibility index (Phi) is 5.43. The van der Waals surface area contributed by atoms with Gasteiger partial charge in [0.2, 0.25) is 5.91 Å². The molecule has 2 aromatic heterocycles. The number of fused-ring (bicyclic) bond motifs is 4. The number of piperidine rings is 2. The van der Waals surface area contributed by atoms with Crippen molar-refractivity contribution in [3.05, 3.63) is 53.3 Å². The van der Waals surface area contributed by atoms with Crippen molar-refractivity contribution in [2.45, 2.75) is 42.5 Å². The number of hydrogen-bond acceptors (Lipinski definition) is 7. The van der Waals surface area contributed by atoms with Gasteiger partial charge in [-0.2, -0.15) is 5.26 Å². The summed E-state index contributed by atoms with van der Waals surface area (Å²) < 4.78 is 26.6. The molecular formula is C23H22N4O3S2. The van der Waals surface area contributed by atoms with Gasteiger partial charge in [0.05, 0.1) is 31.9 Å². The minimum Gasteiger partial charge on any atom is -0.339 e. The molecule has 2 aliphatic heterocycles. The van der Waals surface area contributed by atoms with Crippen LogP contribution >= 0.6 is 11.3 Å². The maximum atomic E-state index is 13.0. The van der Waals surface area contributed by atoms with Gasteiger partial charge in [0.1, 0.15) is 6.07 Å². The summed E-state index contributed by atoms with van der Waals surface area (Å²) in [6, 6.07) is 11.0. The van der Waals surface area contributed by atoms with E-state index in [9.17, 15) is 13.2 Å². The molecule has 3 unspecified atom stereocenters. The molecule has 4 heterocycles. The van der Waals surface area contributed by atoms with Gasteiger partial charge in [-0.15, -0.1) is 11.3 Å². The summed E-state index contributed by atoms with van der Waals surface area (Å²) >= 11 is 1.30. The highest BCUT2D eigenvalue weighted by Crippen LogP contribution is 2.44. The molecule has 0 radical (unpaired) electrons. The van der Waals surface area contributed by atoms with Gasteiger partial charge in [0, 0.05) is 36.8 Å². The van der Waals surface area contributed by atoms with E-state index in [0.29, 0.717) is 28.2 Å². The molecule has 9 heteroatoms. The van der Waals surface area contributed by atoms with Crippen molar-refractivity contribution in [1.29, 1.82) is 5.26 Å². The molecule has 6 rings (SSSR count). The van der Waals surface area contributed by atoms with Crippen LogP contribution in [0.25, 0.3) is 10.2 Å². The molecule has 3 atom stereocenters. The number of hydrogen-bond donors (Lipinski definition) is 0. The second-order valence-corrected chi connectivity index (χ2v) is 11.4. The lowest BCUT2D eigenvalue weighted by atomic mass is 9.70. The third kappa shape index (κ3) is 3.78. The van der Waals surface area contributed by atoms with Gasteiger partial charge in [0.25, 0.3) is 0 Å². The van der Waals surface area contributed by atoms with Crippen LogP contribution in [0.2, 0.25) is 0 Å². The zero-order chi connectivity index (χ0) is 22.3. The van der Waals surface area contributed by atoms with Crippen LogP contribution in [-0.2, 0) is 14.6 Å². The summed E-state index contributed by atoms with van der Waals surface area (Å²) in [6.45, 7) is 0.639. The van der Waals surface area contributed by atoms with Crippen molar-refractivity contribution < 1.29 is 13.2 Å². The summed E-state index contributed by atoms with van der Waals surface area (Å²) in [6.07, 6.45) is 4.40. The molecule has 32 heavy (non-hydrogen) atoms. The first kappa shape index (κ1) is 21.0. The maximum absolute atomic E-state index is 13.0. The van der Waals surface area contributed by atoms with Crippen LogP contribution in [0.5, 0.6) is 0 Å². The summed E-state index contributed by atoms with van der Waals surface area (Å²) in [5.74, 6) is 0.299. The predicted octanol–water partition coefficient (Wildman–Crippen LogP) is 3.52. The Hall–Kier alpha value is -2.83. The minimum atomic E-state index is -3.58. The lowest BCUT2D eigenvalue weighted by Crippen LogP contribution is -2.53. The highest BCUT2D eigenvalue weighted by molar-refractivity contribution is 7.91. The number of carbonyl (C=O) groups excluding carboxylic acids is 1. The van der Waals surface area contributed by atoms with Crippen molar-refractivity contribution >= 4 is 37.3 Å². The first-order valence-electron chi connectivity index (χ1n) is 10.7. The van der Waals surface area contributed by atoms with Crippen LogP contribution in [0.4, 0.5) is 0 Å². The molecule has 3 aliphatic rings. The average molecular weight is 467 g/mol. The highest BCUT2D eigenvalue weighted by Gasteiger charge is 2.43. The number of aromatic nitrogens is 2. The minimum absolute atomic E-state index is 0.0134. The number of amides is 1. The molecule has 0 N–H and O–H groups in total. The molecule has 3 aromatic rings. The predicted molar refractivity (Wildman–Crippen MR) is 121 cm³/mol. The van der Waals surface area contributed by atoms with E-state index in [4.69, 9.17) is 5.26 Å². The monoisotopic (exact) mass is 466 g/mol. The van der Waals surface area contributed by atoms with E-state index in [0.717, 1.165) is 25.0 Å². The smallest absolute Gasteiger partial charge is 0.223 e. The first-order chi connectivity index (χ1) is 15.5. The third-order valence-corrected chi connectivity index (χ3v) is 9.45. The third-order valence-electron chi connectivity index (χ3n) is 6.69. The van der Waals surface area contributed by atoms with E-state index in [1.54, 1.807) is 36.0 Å². The number of benzene rings is 1. The van der Waals surface area contributed by atoms with Gasteiger partial charge < -0.3 is 4.90 Å². The summed E-state index contributed by atoms with van der Waals surface area (Å²) in [5, 5.41) is 8.98. The van der Waals surface area contributed by atoms with E-state index >= 15 is 0 Å². The van der Waals surface area contributed by atoms with E-state index in [2.05, 4.69) is 16.0 Å². The largest absolute Gasteiger partial charge is 0.339 e. The Morgan fingerprint density at radius 1 is 1.22 bits per heavy atom. The normalized spacial score (nSPS) is 22.7. The van der Waals surface area contributed by atoms with Gasteiger partial charge in [-0.1, -0.05) is 6.07 Å². The lowest BCUT2D eigenvalue weighted by molar-refractivity contribution is -0.139. The van der Waals surface area contributed by atoms with E-state index in [-0.39, 0.29) is 34.9 Å². The Morgan fingerprint density at radius 3 is 2.81 bits per heavy atom. The molecule has 7 nitrogen and oxygen atoms in total. The van der Waals surface area contributed by atoms with Crippen molar-refractivity contribution in [3.63, 3.8) is 0 Å². The number of sulfone groups is 1. The number of nitrogens with zero attached hydrogens (tertiary/aromatic N) is 4. The standard InChI is InChI=1S/C23H22N4O3S2/c24-11-15-4-7-19(25-12-15)18-10-17-6-5-16(18)13-27(17)22(28)8-9-32(29,30)21-3-1-2-20-23(21)31-14-26-20/h1-4,7,12,14,16-18H,5-6,8-10,13H2. The zero-order valence-electron chi connectivity index (χ0n) is 17.3. The number of nitriles is 1. The average Bonchev–Trinajstić information content (AvgIpc) is 3.32. The second kappa shape index (κ2) is 8.26. The van der Waals surface area contributed by atoms with E-state index in [1.165, 1.54) is 11.3 Å². The van der Waals surface area contributed by atoms with E-state index in [1.807, 2.05) is 11.0 Å². The van der Waals surface area contributed by atoms with Crippen LogP contribution in [0, 0.1) is 17.2 Å². The molecular weight excluding hydrogens is 444 g/mol. The molecule has 3 fully saturated rings. The number of thiazole rings is 1. The first-order valence-corrected chi connectivity index (χ1v) is 13.2. The van der Waals surface area contributed by atoms with Crippen LogP contribution in [0.1, 0.15) is 42.9 Å². The van der Waals surface area contributed by atoms with Crippen LogP contribution in [-0.4, -0.2) is 47.5 Å². The number of rotatable bonds is 5. The molecule has 1 saturated carbocycles. The maximum Gasteiger partial charge on any atom is 0.223 e. The Bertz CT molecular complexity index is 1310. The summed E-state index contributed by atoms with van der Waals surface area (Å²) in [4.78, 5) is 23.8. The zero-order valence-corrected chi connectivity index (χ0v) is 19.0. The topological polar surface area (TPSA) is 104 Å². The van der Waals surface area contributed by atoms with Crippen molar-refractivity contribution in [2.24, 2.45) is 5.92 Å². The summed E-state index contributed by atoms with van der Waals surface area (Å²) in [5.41, 5.74) is 3.82. The van der Waals surface area contributed by atoms with Gasteiger partial charge >= 0.3 is 0 Å². The van der Waals surface area contributed by atoms with Gasteiger partial charge in [0.15, 0.2) is 9.84 Å². The number of carbonyl (C=O) groups is 1. The van der Waals surface area contributed by atoms with Gasteiger partial charge in [-0.3, -0.25) is 9.78 Å². The van der Waals surface area contributed by atoms with E-state index < -0.39 is 9.84 Å². The Balaban J connectivity index is 1.26. The van der Waals surface area contributed by atoms with Crippen LogP contribution in [0.15, 0.2) is 46.9 Å². The highest BCUT2D eigenvalue weighted by atomic mass is 32.2. The van der Waals surface area contributed by atoms with Crippen molar-refractivity contribution in [1.82, 2.24) is 14.9 Å². The fourth-order valence-corrected chi connectivity index (χ4v) is 7.61. The van der Waals surface area contributed by atoms with Crippen molar-refractivity contribution in [3.8, 4) is 6.07 Å². The lowest BCUT2D eigenvalue weighted by Gasteiger charge is -2.49. The molecule has 2 bridgehead atoms. The quantitative estimate of drug-likeness (QED) is 0.570. The molecule has 1 aromatic carbocycles. The molecule has 0 spiro atoms. The second-order valence-electron chi connectivity index (χ2n) is 8.49. The van der Waals surface area contributed by atoms with Gasteiger partial charge in [-0.05, 0) is 49.4 Å². The van der Waals surface area contributed by atoms with Crippen LogP contribution < -0.4 is 0 Å². The molecule has 164 valence electrons. The fourth-order valence-electron chi connectivity index (χ4n) is 5.05. The number of pyridine rings is 1. The summed E-state index contributed by atoms with van der Waals surface area (Å²) in [7, 11) is -3.58. The SMILES string of the molecule is N#Cc1ccc(C2CC3CCC2CN3C(=O)CCS(=O)(=O)c2cccc3ncsc23)nc1. The Morgan fingerprint density at radius 2 is 2.09 bits per heavy atom. The Labute approximate surface area is 190 Å². The molecule has 2 saturated heterocycles. The van der Waals surface area contributed by atoms with Crippen LogP contribution in [0.3, 0.4) is 0 Å². The molecule has 1 amide bonds. The van der Waals surface area contributed by atoms with Crippen molar-refractivity contribution in [2.75, 3.05) is 12.3 Å².